The van der Waals surface area contributed by atoms with Gasteiger partial charge < -0.3 is 9.05 Å². The normalized spacial score (nSPS) is 13.0. The second-order valence-electron chi connectivity index (χ2n) is 5.58. The summed E-state index contributed by atoms with van der Waals surface area (Å²) >= 11 is 6.43. The fourth-order valence-corrected chi connectivity index (χ4v) is 2.61. The van der Waals surface area contributed by atoms with Crippen LogP contribution in [0.3, 0.4) is 0 Å². The minimum atomic E-state index is 0.0805. The molecule has 0 bridgehead atoms. The van der Waals surface area contributed by atoms with E-state index in [2.05, 4.69) is 27.2 Å². The van der Waals surface area contributed by atoms with E-state index in [1.165, 1.54) is 0 Å². The summed E-state index contributed by atoms with van der Waals surface area (Å²) in [7, 11) is 3.81. The van der Waals surface area contributed by atoms with E-state index in [-0.39, 0.29) is 6.04 Å². The highest BCUT2D eigenvalue weighted by Crippen LogP contribution is 2.30. The third-order valence-corrected chi connectivity index (χ3v) is 4.37. The van der Waals surface area contributed by atoms with Crippen LogP contribution in [-0.2, 0) is 13.6 Å². The molecule has 0 amide bonds. The number of nitrogens with zero attached hydrogens (tertiary/aromatic N) is 5. The van der Waals surface area contributed by atoms with E-state index >= 15 is 0 Å². The van der Waals surface area contributed by atoms with Gasteiger partial charge in [0.2, 0.25) is 0 Å². The summed E-state index contributed by atoms with van der Waals surface area (Å²) in [5.74, 6) is 0.733. The van der Waals surface area contributed by atoms with Crippen molar-refractivity contribution in [3.8, 4) is 11.4 Å². The van der Waals surface area contributed by atoms with Crippen molar-refractivity contribution in [3.05, 3.63) is 40.6 Å². The first-order valence-electron chi connectivity index (χ1n) is 7.23. The van der Waals surface area contributed by atoms with Gasteiger partial charge in [-0.1, -0.05) is 21.9 Å². The molecule has 3 aromatic rings. The Morgan fingerprint density at radius 2 is 2.17 bits per heavy atom. The van der Waals surface area contributed by atoms with Crippen molar-refractivity contribution in [2.24, 2.45) is 7.05 Å². The number of aryl methyl sites for hydroxylation is 2. The molecule has 3 aromatic heterocycles. The van der Waals surface area contributed by atoms with Crippen molar-refractivity contribution in [1.82, 2.24) is 25.0 Å². The summed E-state index contributed by atoms with van der Waals surface area (Å²) in [5.41, 5.74) is 3.18. The fraction of sp³-hybridized carbons (Fsp3) is 0.400. The van der Waals surface area contributed by atoms with Crippen molar-refractivity contribution in [2.45, 2.75) is 26.4 Å². The van der Waals surface area contributed by atoms with Crippen LogP contribution in [-0.4, -0.2) is 32.0 Å². The van der Waals surface area contributed by atoms with Gasteiger partial charge in [0.1, 0.15) is 34.3 Å². The number of hydrogen-bond donors (Lipinski definition) is 0. The molecule has 0 aliphatic heterocycles. The van der Waals surface area contributed by atoms with Crippen LogP contribution in [0.4, 0.5) is 0 Å². The Morgan fingerprint density at radius 3 is 2.78 bits per heavy atom. The number of aromatic nitrogens is 4. The quantitative estimate of drug-likeness (QED) is 0.712. The van der Waals surface area contributed by atoms with Crippen molar-refractivity contribution in [2.75, 3.05) is 7.05 Å². The predicted octanol–water partition coefficient (Wildman–Crippen LogP) is 3.22. The minimum absolute atomic E-state index is 0.0805. The Labute approximate surface area is 138 Å². The molecule has 3 rings (SSSR count). The smallest absolute Gasteiger partial charge is 0.134 e. The molecule has 1 atom stereocenters. The molecular formula is C15H18ClN5O2. The molecule has 7 nitrogen and oxygen atoms in total. The lowest BCUT2D eigenvalue weighted by atomic mass is 10.1. The first-order valence-corrected chi connectivity index (χ1v) is 7.60. The van der Waals surface area contributed by atoms with Gasteiger partial charge in [0.15, 0.2) is 0 Å². The molecule has 0 saturated carbocycles. The van der Waals surface area contributed by atoms with Crippen molar-refractivity contribution >= 4 is 11.6 Å². The molecule has 0 saturated heterocycles. The van der Waals surface area contributed by atoms with Gasteiger partial charge in [-0.15, -0.1) is 0 Å². The van der Waals surface area contributed by atoms with Crippen LogP contribution in [0, 0.1) is 6.92 Å². The molecule has 122 valence electrons. The third-order valence-electron chi connectivity index (χ3n) is 3.89. The second kappa shape index (κ2) is 6.17. The van der Waals surface area contributed by atoms with E-state index in [9.17, 15) is 0 Å². The second-order valence-corrected chi connectivity index (χ2v) is 5.94. The van der Waals surface area contributed by atoms with E-state index in [0.717, 1.165) is 22.7 Å². The molecule has 23 heavy (non-hydrogen) atoms. The van der Waals surface area contributed by atoms with E-state index in [1.807, 2.05) is 33.2 Å². The highest BCUT2D eigenvalue weighted by Gasteiger charge is 2.23. The standard InChI is InChI=1S/C15H18ClN5O2/c1-9-7-13(19-23-9)14-11(15(16)21(4)17-14)8-20(3)10(2)12-5-6-22-18-12/h5-7,10H,8H2,1-4H3/t10-/m1/s1. The molecule has 0 unspecified atom stereocenters. The molecule has 0 aliphatic carbocycles. The van der Waals surface area contributed by atoms with Gasteiger partial charge in [-0.2, -0.15) is 5.10 Å². The van der Waals surface area contributed by atoms with Crippen LogP contribution in [0.25, 0.3) is 11.4 Å². The highest BCUT2D eigenvalue weighted by molar-refractivity contribution is 6.30. The lowest BCUT2D eigenvalue weighted by Gasteiger charge is -2.22. The van der Waals surface area contributed by atoms with Crippen LogP contribution in [0.2, 0.25) is 5.15 Å². The topological polar surface area (TPSA) is 73.1 Å². The van der Waals surface area contributed by atoms with Crippen LogP contribution in [0.5, 0.6) is 0 Å². The zero-order valence-corrected chi connectivity index (χ0v) is 14.2. The van der Waals surface area contributed by atoms with E-state index < -0.39 is 0 Å². The number of hydrogen-bond acceptors (Lipinski definition) is 6. The molecule has 0 fully saturated rings. The summed E-state index contributed by atoms with van der Waals surface area (Å²) in [6.45, 7) is 4.50. The van der Waals surface area contributed by atoms with Gasteiger partial charge in [-0.3, -0.25) is 9.58 Å². The molecule has 0 aliphatic rings. The van der Waals surface area contributed by atoms with Gasteiger partial charge in [0, 0.05) is 31.3 Å². The van der Waals surface area contributed by atoms with Gasteiger partial charge in [0.05, 0.1) is 6.04 Å². The lowest BCUT2D eigenvalue weighted by molar-refractivity contribution is 0.241. The first-order chi connectivity index (χ1) is 11.0. The van der Waals surface area contributed by atoms with Gasteiger partial charge in [-0.25, -0.2) is 0 Å². The van der Waals surface area contributed by atoms with E-state index in [4.69, 9.17) is 20.6 Å². The van der Waals surface area contributed by atoms with Crippen LogP contribution >= 0.6 is 11.6 Å². The monoisotopic (exact) mass is 335 g/mol. The Bertz CT molecular complexity index is 793. The zero-order valence-electron chi connectivity index (χ0n) is 13.4. The van der Waals surface area contributed by atoms with Gasteiger partial charge >= 0.3 is 0 Å². The summed E-state index contributed by atoms with van der Waals surface area (Å²) in [5, 5.41) is 13.1. The molecule has 3 heterocycles. The van der Waals surface area contributed by atoms with Crippen LogP contribution < -0.4 is 0 Å². The Hall–Kier alpha value is -2.12. The van der Waals surface area contributed by atoms with Crippen LogP contribution in [0.1, 0.15) is 30.0 Å². The Morgan fingerprint density at radius 1 is 1.39 bits per heavy atom. The van der Waals surface area contributed by atoms with Crippen molar-refractivity contribution in [1.29, 1.82) is 0 Å². The molecule has 0 spiro atoms. The Balaban J connectivity index is 1.90. The van der Waals surface area contributed by atoms with Crippen molar-refractivity contribution in [3.63, 3.8) is 0 Å². The zero-order chi connectivity index (χ0) is 16.6. The molecular weight excluding hydrogens is 318 g/mol. The summed E-state index contributed by atoms with van der Waals surface area (Å²) in [6.07, 6.45) is 1.57. The minimum Gasteiger partial charge on any atom is -0.364 e. The fourth-order valence-electron chi connectivity index (χ4n) is 2.42. The molecule has 0 N–H and O–H groups in total. The SMILES string of the molecule is Cc1cc(-c2nn(C)c(Cl)c2CN(C)[C@H](C)c2ccon2)no1. The summed E-state index contributed by atoms with van der Waals surface area (Å²) in [6, 6.07) is 3.79. The lowest BCUT2D eigenvalue weighted by Crippen LogP contribution is -2.22. The largest absolute Gasteiger partial charge is 0.364 e. The molecule has 0 aromatic carbocycles. The van der Waals surface area contributed by atoms with E-state index in [0.29, 0.717) is 17.4 Å². The summed E-state index contributed by atoms with van der Waals surface area (Å²) in [4.78, 5) is 2.12. The molecule has 0 radical (unpaired) electrons. The van der Waals surface area contributed by atoms with E-state index in [1.54, 1.807) is 10.9 Å². The average molecular weight is 336 g/mol. The highest BCUT2D eigenvalue weighted by atomic mass is 35.5. The maximum absolute atomic E-state index is 6.43. The molecule has 8 heteroatoms. The maximum atomic E-state index is 6.43. The third kappa shape index (κ3) is 3.02. The number of halogens is 1. The van der Waals surface area contributed by atoms with Crippen molar-refractivity contribution < 1.29 is 9.05 Å². The van der Waals surface area contributed by atoms with Gasteiger partial charge in [-0.05, 0) is 20.9 Å². The average Bonchev–Trinajstić information content (AvgIpc) is 3.24. The Kier molecular flexibility index (Phi) is 4.23. The first kappa shape index (κ1) is 15.8. The van der Waals surface area contributed by atoms with Crippen LogP contribution in [0.15, 0.2) is 27.4 Å². The number of rotatable bonds is 5. The maximum Gasteiger partial charge on any atom is 0.134 e. The van der Waals surface area contributed by atoms with Gasteiger partial charge in [0.25, 0.3) is 0 Å². The summed E-state index contributed by atoms with van der Waals surface area (Å²) < 4.78 is 11.7. The predicted molar refractivity (Wildman–Crippen MR) is 84.8 cm³/mol.